The van der Waals surface area contributed by atoms with Crippen molar-refractivity contribution in [3.8, 4) is 0 Å². The van der Waals surface area contributed by atoms with E-state index < -0.39 is 23.6 Å². The fourth-order valence-electron chi connectivity index (χ4n) is 3.59. The number of anilines is 2. The van der Waals surface area contributed by atoms with Crippen LogP contribution in [-0.4, -0.2) is 11.8 Å². The smallest absolute Gasteiger partial charge is 0.418 e. The van der Waals surface area contributed by atoms with Gasteiger partial charge in [0.25, 0.3) is 5.91 Å². The van der Waals surface area contributed by atoms with Crippen molar-refractivity contribution in [1.29, 1.82) is 0 Å². The maximum absolute atomic E-state index is 13.5. The molecule has 8 heteroatoms. The van der Waals surface area contributed by atoms with Crippen molar-refractivity contribution in [2.75, 3.05) is 10.6 Å². The first-order valence-corrected chi connectivity index (χ1v) is 9.69. The molecule has 2 N–H and O–H groups in total. The zero-order chi connectivity index (χ0) is 20.9. The SMILES string of the molecule is O=C(CCC1CCCCC1)Nc1ccc(NC(=O)c2ccco2)cc1C(F)(F)F. The lowest BCUT2D eigenvalue weighted by Crippen LogP contribution is -2.19. The van der Waals surface area contributed by atoms with E-state index in [9.17, 15) is 22.8 Å². The normalized spacial score (nSPS) is 15.1. The van der Waals surface area contributed by atoms with Gasteiger partial charge in [0.15, 0.2) is 5.76 Å². The van der Waals surface area contributed by atoms with Gasteiger partial charge in [0.2, 0.25) is 5.91 Å². The Kier molecular flexibility index (Phi) is 6.61. The molecule has 1 heterocycles. The third-order valence-corrected chi connectivity index (χ3v) is 5.11. The molecule has 0 aliphatic heterocycles. The Labute approximate surface area is 166 Å². The maximum atomic E-state index is 13.5. The number of hydrogen-bond acceptors (Lipinski definition) is 3. The minimum Gasteiger partial charge on any atom is -0.459 e. The number of nitrogens with one attached hydrogen (secondary N) is 2. The molecule has 29 heavy (non-hydrogen) atoms. The maximum Gasteiger partial charge on any atom is 0.418 e. The highest BCUT2D eigenvalue weighted by atomic mass is 19.4. The van der Waals surface area contributed by atoms with Crippen molar-refractivity contribution in [3.05, 3.63) is 47.9 Å². The predicted molar refractivity (Wildman–Crippen MR) is 103 cm³/mol. The number of amides is 2. The van der Waals surface area contributed by atoms with E-state index in [1.807, 2.05) is 0 Å². The molecule has 0 unspecified atom stereocenters. The summed E-state index contributed by atoms with van der Waals surface area (Å²) in [5, 5.41) is 4.73. The fourth-order valence-corrected chi connectivity index (χ4v) is 3.59. The lowest BCUT2D eigenvalue weighted by atomic mass is 9.86. The molecule has 0 bridgehead atoms. The Morgan fingerprint density at radius 1 is 1.07 bits per heavy atom. The van der Waals surface area contributed by atoms with Gasteiger partial charge in [-0.3, -0.25) is 9.59 Å². The third kappa shape index (κ3) is 5.85. The fraction of sp³-hybridized carbons (Fsp3) is 0.429. The van der Waals surface area contributed by atoms with E-state index in [4.69, 9.17) is 4.42 Å². The summed E-state index contributed by atoms with van der Waals surface area (Å²) >= 11 is 0. The van der Waals surface area contributed by atoms with Gasteiger partial charge < -0.3 is 15.1 Å². The van der Waals surface area contributed by atoms with Crippen LogP contribution in [0.15, 0.2) is 41.0 Å². The van der Waals surface area contributed by atoms with Crippen molar-refractivity contribution in [3.63, 3.8) is 0 Å². The second-order valence-electron chi connectivity index (χ2n) is 7.28. The summed E-state index contributed by atoms with van der Waals surface area (Å²) < 4.78 is 45.4. The first-order chi connectivity index (χ1) is 13.8. The number of hydrogen-bond donors (Lipinski definition) is 2. The standard InChI is InChI=1S/C21H23F3N2O3/c22-21(23,24)16-13-15(25-20(28)18-7-4-12-29-18)9-10-17(16)26-19(27)11-8-14-5-2-1-3-6-14/h4,7,9-10,12-14H,1-3,5-6,8,11H2,(H,25,28)(H,26,27). The topological polar surface area (TPSA) is 71.3 Å². The van der Waals surface area contributed by atoms with E-state index in [1.54, 1.807) is 0 Å². The van der Waals surface area contributed by atoms with E-state index in [0.29, 0.717) is 12.3 Å². The van der Waals surface area contributed by atoms with Crippen LogP contribution in [0.2, 0.25) is 0 Å². The number of carbonyl (C=O) groups is 2. The highest BCUT2D eigenvalue weighted by molar-refractivity contribution is 6.02. The average molecular weight is 408 g/mol. The van der Waals surface area contributed by atoms with Crippen molar-refractivity contribution >= 4 is 23.2 Å². The molecule has 1 saturated carbocycles. The lowest BCUT2D eigenvalue weighted by molar-refractivity contribution is -0.136. The number of carbonyl (C=O) groups excluding carboxylic acids is 2. The van der Waals surface area contributed by atoms with E-state index >= 15 is 0 Å². The highest BCUT2D eigenvalue weighted by Crippen LogP contribution is 2.37. The molecule has 5 nitrogen and oxygen atoms in total. The van der Waals surface area contributed by atoms with Gasteiger partial charge in [-0.2, -0.15) is 13.2 Å². The van der Waals surface area contributed by atoms with Gasteiger partial charge in [0.05, 0.1) is 17.5 Å². The van der Waals surface area contributed by atoms with Crippen molar-refractivity contribution in [1.82, 2.24) is 0 Å². The quantitative estimate of drug-likeness (QED) is 0.630. The largest absolute Gasteiger partial charge is 0.459 e. The van der Waals surface area contributed by atoms with Gasteiger partial charge in [-0.05, 0) is 42.7 Å². The number of furan rings is 1. The Bertz CT molecular complexity index is 841. The van der Waals surface area contributed by atoms with Gasteiger partial charge in [0, 0.05) is 12.1 Å². The summed E-state index contributed by atoms with van der Waals surface area (Å²) in [7, 11) is 0. The molecule has 156 valence electrons. The summed E-state index contributed by atoms with van der Waals surface area (Å²) in [4.78, 5) is 24.2. The van der Waals surface area contributed by atoms with E-state index in [0.717, 1.165) is 37.8 Å². The summed E-state index contributed by atoms with van der Waals surface area (Å²) in [6.45, 7) is 0. The summed E-state index contributed by atoms with van der Waals surface area (Å²) in [6.07, 6.45) is 3.14. The molecule has 0 saturated heterocycles. The average Bonchev–Trinajstić information content (AvgIpc) is 3.22. The molecule has 3 rings (SSSR count). The van der Waals surface area contributed by atoms with Crippen LogP contribution in [0.25, 0.3) is 0 Å². The molecule has 1 aliphatic carbocycles. The van der Waals surface area contributed by atoms with Crippen LogP contribution >= 0.6 is 0 Å². The first kappa shape index (κ1) is 21.0. The van der Waals surface area contributed by atoms with Crippen LogP contribution < -0.4 is 10.6 Å². The minimum absolute atomic E-state index is 0.0151. The minimum atomic E-state index is -4.68. The molecule has 0 spiro atoms. The van der Waals surface area contributed by atoms with Crippen LogP contribution in [-0.2, 0) is 11.0 Å². The lowest BCUT2D eigenvalue weighted by Gasteiger charge is -2.21. The van der Waals surface area contributed by atoms with Crippen molar-refractivity contribution in [2.24, 2.45) is 5.92 Å². The second-order valence-corrected chi connectivity index (χ2v) is 7.28. The third-order valence-electron chi connectivity index (χ3n) is 5.11. The Hall–Kier alpha value is -2.77. The zero-order valence-corrected chi connectivity index (χ0v) is 15.8. The van der Waals surface area contributed by atoms with Gasteiger partial charge in [0.1, 0.15) is 0 Å². The molecule has 1 aliphatic rings. The van der Waals surface area contributed by atoms with Gasteiger partial charge in [-0.15, -0.1) is 0 Å². The molecular formula is C21H23F3N2O3. The van der Waals surface area contributed by atoms with E-state index in [-0.39, 0.29) is 23.6 Å². The molecule has 0 atom stereocenters. The zero-order valence-electron chi connectivity index (χ0n) is 15.8. The first-order valence-electron chi connectivity index (χ1n) is 9.69. The highest BCUT2D eigenvalue weighted by Gasteiger charge is 2.34. The monoisotopic (exact) mass is 408 g/mol. The van der Waals surface area contributed by atoms with Gasteiger partial charge >= 0.3 is 6.18 Å². The van der Waals surface area contributed by atoms with Crippen molar-refractivity contribution < 1.29 is 27.2 Å². The predicted octanol–water partition coefficient (Wildman–Crippen LogP) is 5.85. The summed E-state index contributed by atoms with van der Waals surface area (Å²) in [5.41, 5.74) is -1.37. The molecule has 0 radical (unpaired) electrons. The van der Waals surface area contributed by atoms with Crippen molar-refractivity contribution in [2.45, 2.75) is 51.1 Å². The molecule has 2 amide bonds. The molecule has 1 aromatic heterocycles. The van der Waals surface area contributed by atoms with Gasteiger partial charge in [-0.1, -0.05) is 32.1 Å². The summed E-state index contributed by atoms with van der Waals surface area (Å²) in [6, 6.07) is 6.17. The van der Waals surface area contributed by atoms with E-state index in [1.165, 1.54) is 30.9 Å². The number of rotatable bonds is 6. The van der Waals surface area contributed by atoms with Crippen LogP contribution in [0.1, 0.15) is 61.1 Å². The Morgan fingerprint density at radius 3 is 2.48 bits per heavy atom. The van der Waals surface area contributed by atoms with Crippen LogP contribution in [0.5, 0.6) is 0 Å². The van der Waals surface area contributed by atoms with Crippen LogP contribution in [0, 0.1) is 5.92 Å². The Balaban J connectivity index is 1.67. The van der Waals surface area contributed by atoms with Crippen LogP contribution in [0.4, 0.5) is 24.5 Å². The molecule has 1 fully saturated rings. The van der Waals surface area contributed by atoms with E-state index in [2.05, 4.69) is 10.6 Å². The summed E-state index contributed by atoms with van der Waals surface area (Å²) in [5.74, 6) is -0.643. The van der Waals surface area contributed by atoms with Gasteiger partial charge in [-0.25, -0.2) is 0 Å². The second kappa shape index (κ2) is 9.15. The molecular weight excluding hydrogens is 385 g/mol. The number of halogens is 3. The number of alkyl halides is 3. The number of benzene rings is 1. The molecule has 1 aromatic carbocycles. The Morgan fingerprint density at radius 2 is 1.83 bits per heavy atom. The molecule has 2 aromatic rings. The van der Waals surface area contributed by atoms with Crippen LogP contribution in [0.3, 0.4) is 0 Å².